The first-order valence-electron chi connectivity index (χ1n) is 6.17. The minimum absolute atomic E-state index is 0.135. The Labute approximate surface area is 112 Å². The molecule has 0 heterocycles. The molecule has 0 aliphatic heterocycles. The number of carbonyl (C=O) groups excluding carboxylic acids is 1. The van der Waals surface area contributed by atoms with Gasteiger partial charge in [-0.05, 0) is 48.9 Å². The molecule has 0 radical (unpaired) electrons. The molecule has 4 heteroatoms. The van der Waals surface area contributed by atoms with Gasteiger partial charge in [0, 0.05) is 0 Å². The van der Waals surface area contributed by atoms with Crippen molar-refractivity contribution in [1.29, 1.82) is 0 Å². The summed E-state index contributed by atoms with van der Waals surface area (Å²) >= 11 is 6.09. The van der Waals surface area contributed by atoms with Gasteiger partial charge in [0.2, 0.25) is 0 Å². The van der Waals surface area contributed by atoms with Crippen molar-refractivity contribution in [3.8, 4) is 5.75 Å². The summed E-state index contributed by atoms with van der Waals surface area (Å²) in [6, 6.07) is 3.90. The monoisotopic (exact) mass is 268 g/mol. The number of hydrogen-bond donors (Lipinski definition) is 0. The van der Waals surface area contributed by atoms with Crippen LogP contribution >= 0.6 is 11.6 Å². The van der Waals surface area contributed by atoms with Crippen LogP contribution in [0.5, 0.6) is 5.75 Å². The quantitative estimate of drug-likeness (QED) is 0.786. The average molecular weight is 269 g/mol. The molecule has 0 spiro atoms. The van der Waals surface area contributed by atoms with E-state index in [1.165, 1.54) is 11.1 Å². The third-order valence-electron chi connectivity index (χ3n) is 3.33. The zero-order valence-electron chi connectivity index (χ0n) is 10.7. The second kappa shape index (κ2) is 5.61. The number of benzene rings is 1. The van der Waals surface area contributed by atoms with Crippen molar-refractivity contribution < 1.29 is 14.3 Å². The lowest BCUT2D eigenvalue weighted by molar-refractivity contribution is -0.143. The topological polar surface area (TPSA) is 35.5 Å². The molecule has 3 nitrogen and oxygen atoms in total. The Hall–Kier alpha value is -1.22. The van der Waals surface area contributed by atoms with E-state index in [0.717, 1.165) is 12.8 Å². The minimum atomic E-state index is -0.135. The third-order valence-corrected chi connectivity index (χ3v) is 3.63. The van der Waals surface area contributed by atoms with Gasteiger partial charge in [0.1, 0.15) is 5.75 Å². The predicted octanol–water partition coefficient (Wildman–Crippen LogP) is 3.33. The summed E-state index contributed by atoms with van der Waals surface area (Å²) < 4.78 is 10.2. The largest absolute Gasteiger partial charge is 0.495 e. The van der Waals surface area contributed by atoms with Crippen LogP contribution in [0.4, 0.5) is 0 Å². The molecule has 1 aliphatic carbocycles. The molecular weight excluding hydrogens is 252 g/mol. The normalized spacial score (nSPS) is 17.4. The number of halogens is 1. The van der Waals surface area contributed by atoms with E-state index in [4.69, 9.17) is 21.1 Å². The highest BCUT2D eigenvalue weighted by molar-refractivity contribution is 6.32. The van der Waals surface area contributed by atoms with E-state index in [2.05, 4.69) is 0 Å². The van der Waals surface area contributed by atoms with Crippen LogP contribution in [0.25, 0.3) is 0 Å². The van der Waals surface area contributed by atoms with Gasteiger partial charge in [-0.3, -0.25) is 4.79 Å². The highest BCUT2D eigenvalue weighted by atomic mass is 35.5. The first-order chi connectivity index (χ1) is 8.65. The van der Waals surface area contributed by atoms with Crippen molar-refractivity contribution in [2.24, 2.45) is 0 Å². The first-order valence-corrected chi connectivity index (χ1v) is 6.55. The summed E-state index contributed by atoms with van der Waals surface area (Å²) in [6.45, 7) is 2.26. The Morgan fingerprint density at radius 1 is 1.50 bits per heavy atom. The zero-order chi connectivity index (χ0) is 13.1. The number of aryl methyl sites for hydroxylation is 1. The second-order valence-electron chi connectivity index (χ2n) is 4.43. The Balaban J connectivity index is 2.19. The van der Waals surface area contributed by atoms with Crippen molar-refractivity contribution in [2.45, 2.75) is 32.1 Å². The number of rotatable bonds is 4. The summed E-state index contributed by atoms with van der Waals surface area (Å²) in [6.07, 6.45) is 2.37. The van der Waals surface area contributed by atoms with Gasteiger partial charge in [0.15, 0.2) is 0 Å². The molecule has 0 N–H and O–H groups in total. The Morgan fingerprint density at radius 2 is 2.28 bits per heavy atom. The first kappa shape index (κ1) is 13.2. The molecule has 98 valence electrons. The summed E-state index contributed by atoms with van der Waals surface area (Å²) in [4.78, 5) is 11.6. The third kappa shape index (κ3) is 2.61. The van der Waals surface area contributed by atoms with Gasteiger partial charge in [-0.25, -0.2) is 0 Å². The van der Waals surface area contributed by atoms with Crippen LogP contribution in [-0.4, -0.2) is 19.7 Å². The molecule has 1 atom stereocenters. The van der Waals surface area contributed by atoms with E-state index in [1.807, 2.05) is 19.1 Å². The number of hydrogen-bond acceptors (Lipinski definition) is 3. The lowest BCUT2D eigenvalue weighted by atomic mass is 9.98. The zero-order valence-corrected chi connectivity index (χ0v) is 11.4. The maximum atomic E-state index is 11.6. The van der Waals surface area contributed by atoms with Gasteiger partial charge < -0.3 is 9.47 Å². The molecule has 0 bridgehead atoms. The number of fused-ring (bicyclic) bond motifs is 1. The van der Waals surface area contributed by atoms with E-state index in [0.29, 0.717) is 23.8 Å². The van der Waals surface area contributed by atoms with Crippen LogP contribution in [0.1, 0.15) is 36.8 Å². The SMILES string of the molecule is CCOC(=O)CC1CCc2cc(Cl)c(OC)cc21. The Kier molecular flexibility index (Phi) is 4.12. The highest BCUT2D eigenvalue weighted by Crippen LogP contribution is 2.40. The predicted molar refractivity (Wildman–Crippen MR) is 70.3 cm³/mol. The van der Waals surface area contributed by atoms with Crippen molar-refractivity contribution >= 4 is 17.6 Å². The van der Waals surface area contributed by atoms with Gasteiger partial charge in [-0.2, -0.15) is 0 Å². The summed E-state index contributed by atoms with van der Waals surface area (Å²) in [5, 5.41) is 0.632. The van der Waals surface area contributed by atoms with Crippen LogP contribution in [0.3, 0.4) is 0 Å². The number of esters is 1. The van der Waals surface area contributed by atoms with E-state index < -0.39 is 0 Å². The van der Waals surface area contributed by atoms with Gasteiger partial charge in [-0.1, -0.05) is 11.6 Å². The molecule has 1 aromatic carbocycles. The molecule has 1 aliphatic rings. The van der Waals surface area contributed by atoms with Crippen molar-refractivity contribution in [3.05, 3.63) is 28.3 Å². The fourth-order valence-electron chi connectivity index (χ4n) is 2.48. The molecule has 0 saturated carbocycles. The van der Waals surface area contributed by atoms with E-state index in [1.54, 1.807) is 7.11 Å². The van der Waals surface area contributed by atoms with Crippen LogP contribution in [0.2, 0.25) is 5.02 Å². The summed E-state index contributed by atoms with van der Waals surface area (Å²) in [5.74, 6) is 0.764. The molecule has 1 unspecified atom stereocenters. The van der Waals surface area contributed by atoms with Gasteiger partial charge in [0.05, 0.1) is 25.2 Å². The van der Waals surface area contributed by atoms with Crippen LogP contribution in [-0.2, 0) is 16.0 Å². The van der Waals surface area contributed by atoms with Crippen LogP contribution in [0.15, 0.2) is 12.1 Å². The van der Waals surface area contributed by atoms with E-state index in [9.17, 15) is 4.79 Å². The molecule has 0 saturated heterocycles. The van der Waals surface area contributed by atoms with Crippen molar-refractivity contribution in [2.75, 3.05) is 13.7 Å². The lowest BCUT2D eigenvalue weighted by Crippen LogP contribution is -2.08. The van der Waals surface area contributed by atoms with Crippen molar-refractivity contribution in [3.63, 3.8) is 0 Å². The van der Waals surface area contributed by atoms with E-state index >= 15 is 0 Å². The molecule has 18 heavy (non-hydrogen) atoms. The highest BCUT2D eigenvalue weighted by Gasteiger charge is 2.26. The maximum Gasteiger partial charge on any atom is 0.306 e. The molecular formula is C14H17ClO3. The maximum absolute atomic E-state index is 11.6. The fourth-order valence-corrected chi connectivity index (χ4v) is 2.75. The smallest absolute Gasteiger partial charge is 0.306 e. The Bertz CT molecular complexity index is 457. The van der Waals surface area contributed by atoms with Crippen LogP contribution < -0.4 is 4.74 Å². The second-order valence-corrected chi connectivity index (χ2v) is 4.84. The fraction of sp³-hybridized carbons (Fsp3) is 0.500. The average Bonchev–Trinajstić information content (AvgIpc) is 2.70. The van der Waals surface area contributed by atoms with E-state index in [-0.39, 0.29) is 11.9 Å². The molecule has 0 fully saturated rings. The molecule has 0 amide bonds. The van der Waals surface area contributed by atoms with Gasteiger partial charge in [0.25, 0.3) is 0 Å². The van der Waals surface area contributed by atoms with Crippen LogP contribution in [0, 0.1) is 0 Å². The Morgan fingerprint density at radius 3 is 2.94 bits per heavy atom. The lowest BCUT2D eigenvalue weighted by Gasteiger charge is -2.12. The summed E-state index contributed by atoms with van der Waals surface area (Å²) in [7, 11) is 1.60. The summed E-state index contributed by atoms with van der Waals surface area (Å²) in [5.41, 5.74) is 2.39. The molecule has 0 aromatic heterocycles. The van der Waals surface area contributed by atoms with Gasteiger partial charge in [-0.15, -0.1) is 0 Å². The van der Waals surface area contributed by atoms with Crippen molar-refractivity contribution in [1.82, 2.24) is 0 Å². The molecule has 1 aromatic rings. The number of methoxy groups -OCH3 is 1. The standard InChI is InChI=1S/C14H17ClO3/c1-3-18-14(16)7-10-5-4-9-6-12(15)13(17-2)8-11(9)10/h6,8,10H,3-5,7H2,1-2H3. The minimum Gasteiger partial charge on any atom is -0.495 e. The van der Waals surface area contributed by atoms with Gasteiger partial charge >= 0.3 is 5.97 Å². The number of ether oxygens (including phenoxy) is 2. The molecule has 2 rings (SSSR count). The number of carbonyl (C=O) groups is 1.